The van der Waals surface area contributed by atoms with Crippen molar-refractivity contribution in [1.29, 1.82) is 0 Å². The van der Waals surface area contributed by atoms with Crippen LogP contribution in [-0.4, -0.2) is 22.4 Å². The molecule has 0 unspecified atom stereocenters. The molecule has 5 nitrogen and oxygen atoms in total. The largest absolute Gasteiger partial charge is 0.329 e. The number of amides is 1. The van der Waals surface area contributed by atoms with E-state index in [9.17, 15) is 4.79 Å². The fourth-order valence-electron chi connectivity index (χ4n) is 2.35. The Kier molecular flexibility index (Phi) is 3.68. The average Bonchev–Trinajstić information content (AvgIpc) is 2.40. The lowest BCUT2D eigenvalue weighted by Gasteiger charge is -2.34. The van der Waals surface area contributed by atoms with Gasteiger partial charge in [-0.05, 0) is 18.9 Å². The molecular formula is C12H18N4O. The summed E-state index contributed by atoms with van der Waals surface area (Å²) in [6, 6.07) is 1.72. The van der Waals surface area contributed by atoms with Crippen LogP contribution in [0.4, 0.5) is 5.95 Å². The molecule has 0 bridgehead atoms. The van der Waals surface area contributed by atoms with E-state index >= 15 is 0 Å². The lowest BCUT2D eigenvalue weighted by atomic mass is 9.73. The van der Waals surface area contributed by atoms with Crippen molar-refractivity contribution in [3.8, 4) is 0 Å². The van der Waals surface area contributed by atoms with Crippen molar-refractivity contribution in [1.82, 2.24) is 9.97 Å². The minimum atomic E-state index is -0.419. The van der Waals surface area contributed by atoms with E-state index in [1.165, 1.54) is 6.42 Å². The number of hydrogen-bond donors (Lipinski definition) is 2. The van der Waals surface area contributed by atoms with Crippen molar-refractivity contribution in [2.24, 2.45) is 11.1 Å². The molecule has 3 N–H and O–H groups in total. The Labute approximate surface area is 101 Å². The van der Waals surface area contributed by atoms with Gasteiger partial charge in [-0.3, -0.25) is 10.1 Å². The van der Waals surface area contributed by atoms with E-state index in [-0.39, 0.29) is 5.91 Å². The SMILES string of the molecule is NCC1(C(=O)Nc2ncccn2)CCCCC1. The first-order valence-electron chi connectivity index (χ1n) is 6.05. The summed E-state index contributed by atoms with van der Waals surface area (Å²) < 4.78 is 0. The molecule has 0 spiro atoms. The van der Waals surface area contributed by atoms with Gasteiger partial charge in [0.05, 0.1) is 5.41 Å². The zero-order valence-corrected chi connectivity index (χ0v) is 9.85. The van der Waals surface area contributed by atoms with Crippen molar-refractivity contribution in [3.05, 3.63) is 18.5 Å². The van der Waals surface area contributed by atoms with Crippen LogP contribution in [0, 0.1) is 5.41 Å². The molecule has 0 aliphatic heterocycles. The molecule has 2 rings (SSSR count). The van der Waals surface area contributed by atoms with Crippen LogP contribution in [0.25, 0.3) is 0 Å². The number of carbonyl (C=O) groups excluding carboxylic acids is 1. The Morgan fingerprint density at radius 1 is 1.29 bits per heavy atom. The molecular weight excluding hydrogens is 216 g/mol. The summed E-state index contributed by atoms with van der Waals surface area (Å²) in [6.45, 7) is 0.395. The molecule has 0 aromatic carbocycles. The third kappa shape index (κ3) is 2.61. The molecule has 1 saturated carbocycles. The molecule has 1 fully saturated rings. The van der Waals surface area contributed by atoms with E-state index in [1.54, 1.807) is 18.5 Å². The molecule has 1 aromatic heterocycles. The average molecular weight is 234 g/mol. The molecule has 1 aliphatic carbocycles. The van der Waals surface area contributed by atoms with Crippen LogP contribution >= 0.6 is 0 Å². The third-order valence-corrected chi connectivity index (χ3v) is 3.47. The summed E-state index contributed by atoms with van der Waals surface area (Å²) in [6.07, 6.45) is 8.28. The minimum absolute atomic E-state index is 0.0362. The molecule has 1 amide bonds. The Hall–Kier alpha value is -1.49. The summed E-state index contributed by atoms with van der Waals surface area (Å²) >= 11 is 0. The van der Waals surface area contributed by atoms with Gasteiger partial charge >= 0.3 is 0 Å². The summed E-state index contributed by atoms with van der Waals surface area (Å²) in [7, 11) is 0. The van der Waals surface area contributed by atoms with Gasteiger partial charge in [-0.15, -0.1) is 0 Å². The van der Waals surface area contributed by atoms with Crippen molar-refractivity contribution >= 4 is 11.9 Å². The molecule has 0 radical (unpaired) electrons. The Morgan fingerprint density at radius 3 is 2.53 bits per heavy atom. The summed E-state index contributed by atoms with van der Waals surface area (Å²) in [4.78, 5) is 20.2. The maximum absolute atomic E-state index is 12.2. The van der Waals surface area contributed by atoms with Gasteiger partial charge in [-0.1, -0.05) is 19.3 Å². The Morgan fingerprint density at radius 2 is 1.94 bits per heavy atom. The molecule has 5 heteroatoms. The molecule has 1 heterocycles. The topological polar surface area (TPSA) is 80.9 Å². The summed E-state index contributed by atoms with van der Waals surface area (Å²) in [5.41, 5.74) is 5.37. The number of hydrogen-bond acceptors (Lipinski definition) is 4. The highest BCUT2D eigenvalue weighted by Gasteiger charge is 2.38. The standard InChI is InChI=1S/C12H18N4O/c13-9-12(5-2-1-3-6-12)10(17)16-11-14-7-4-8-15-11/h4,7-8H,1-3,5-6,9,13H2,(H,14,15,16,17). The molecule has 0 atom stereocenters. The van der Waals surface area contributed by atoms with Crippen LogP contribution in [0.15, 0.2) is 18.5 Å². The Balaban J connectivity index is 2.07. The second kappa shape index (κ2) is 5.23. The number of aromatic nitrogens is 2. The first-order chi connectivity index (χ1) is 8.27. The zero-order chi connectivity index (χ0) is 12.1. The molecule has 92 valence electrons. The van der Waals surface area contributed by atoms with Gasteiger partial charge in [0.1, 0.15) is 0 Å². The highest BCUT2D eigenvalue weighted by molar-refractivity contribution is 5.94. The van der Waals surface area contributed by atoms with E-state index in [0.29, 0.717) is 12.5 Å². The normalized spacial score (nSPS) is 18.6. The van der Waals surface area contributed by atoms with Gasteiger partial charge in [0.2, 0.25) is 11.9 Å². The van der Waals surface area contributed by atoms with Crippen LogP contribution in [0.2, 0.25) is 0 Å². The van der Waals surface area contributed by atoms with Crippen molar-refractivity contribution in [2.45, 2.75) is 32.1 Å². The second-order valence-corrected chi connectivity index (χ2v) is 4.57. The Bertz CT molecular complexity index is 373. The number of anilines is 1. The van der Waals surface area contributed by atoms with Crippen molar-refractivity contribution in [3.63, 3.8) is 0 Å². The van der Waals surface area contributed by atoms with E-state index in [1.807, 2.05) is 0 Å². The number of carbonyl (C=O) groups is 1. The smallest absolute Gasteiger partial charge is 0.234 e. The first kappa shape index (κ1) is 12.0. The first-order valence-corrected chi connectivity index (χ1v) is 6.05. The number of nitrogens with zero attached hydrogens (tertiary/aromatic N) is 2. The van der Waals surface area contributed by atoms with E-state index < -0.39 is 5.41 Å². The molecule has 1 aliphatic rings. The fraction of sp³-hybridized carbons (Fsp3) is 0.583. The van der Waals surface area contributed by atoms with E-state index in [2.05, 4.69) is 15.3 Å². The second-order valence-electron chi connectivity index (χ2n) is 4.57. The number of nitrogens with two attached hydrogens (primary N) is 1. The van der Waals surface area contributed by atoms with Crippen LogP contribution < -0.4 is 11.1 Å². The zero-order valence-electron chi connectivity index (χ0n) is 9.85. The van der Waals surface area contributed by atoms with Crippen LogP contribution in [-0.2, 0) is 4.79 Å². The van der Waals surface area contributed by atoms with Gasteiger partial charge in [0.15, 0.2) is 0 Å². The maximum Gasteiger partial charge on any atom is 0.234 e. The van der Waals surface area contributed by atoms with Crippen LogP contribution in [0.5, 0.6) is 0 Å². The maximum atomic E-state index is 12.2. The third-order valence-electron chi connectivity index (χ3n) is 3.47. The fourth-order valence-corrected chi connectivity index (χ4v) is 2.35. The number of nitrogens with one attached hydrogen (secondary N) is 1. The van der Waals surface area contributed by atoms with Crippen molar-refractivity contribution < 1.29 is 4.79 Å². The molecule has 1 aromatic rings. The minimum Gasteiger partial charge on any atom is -0.329 e. The van der Waals surface area contributed by atoms with Gasteiger partial charge in [0, 0.05) is 18.9 Å². The highest BCUT2D eigenvalue weighted by Crippen LogP contribution is 2.36. The molecule has 17 heavy (non-hydrogen) atoms. The van der Waals surface area contributed by atoms with E-state index in [4.69, 9.17) is 5.73 Å². The van der Waals surface area contributed by atoms with Gasteiger partial charge in [-0.25, -0.2) is 9.97 Å². The van der Waals surface area contributed by atoms with E-state index in [0.717, 1.165) is 25.7 Å². The predicted octanol–water partition coefficient (Wildman–Crippen LogP) is 1.32. The predicted molar refractivity (Wildman–Crippen MR) is 65.2 cm³/mol. The van der Waals surface area contributed by atoms with Crippen LogP contribution in [0.1, 0.15) is 32.1 Å². The lowest BCUT2D eigenvalue weighted by Crippen LogP contribution is -2.44. The van der Waals surface area contributed by atoms with Gasteiger partial charge in [0.25, 0.3) is 0 Å². The lowest BCUT2D eigenvalue weighted by molar-refractivity contribution is -0.126. The summed E-state index contributed by atoms with van der Waals surface area (Å²) in [5.74, 6) is 0.321. The monoisotopic (exact) mass is 234 g/mol. The number of rotatable bonds is 3. The van der Waals surface area contributed by atoms with Gasteiger partial charge in [-0.2, -0.15) is 0 Å². The summed E-state index contributed by atoms with van der Waals surface area (Å²) in [5, 5.41) is 2.76. The highest BCUT2D eigenvalue weighted by atomic mass is 16.2. The quantitative estimate of drug-likeness (QED) is 0.826. The van der Waals surface area contributed by atoms with Crippen LogP contribution in [0.3, 0.4) is 0 Å². The molecule has 0 saturated heterocycles. The van der Waals surface area contributed by atoms with Crippen molar-refractivity contribution in [2.75, 3.05) is 11.9 Å². The van der Waals surface area contributed by atoms with Gasteiger partial charge < -0.3 is 5.73 Å².